The lowest BCUT2D eigenvalue weighted by Gasteiger charge is -2.15. The molecule has 6 heteroatoms. The quantitative estimate of drug-likeness (QED) is 0.859. The third kappa shape index (κ3) is 3.95. The summed E-state index contributed by atoms with van der Waals surface area (Å²) in [5, 5.41) is 6.83. The minimum atomic E-state index is -0.582. The smallest absolute Gasteiger partial charge is 0.264 e. The molecule has 0 aliphatic carbocycles. The van der Waals surface area contributed by atoms with Crippen molar-refractivity contribution in [3.63, 3.8) is 0 Å². The summed E-state index contributed by atoms with van der Waals surface area (Å²) in [6.45, 7) is 2.34. The van der Waals surface area contributed by atoms with Gasteiger partial charge in [-0.05, 0) is 36.8 Å². The molecule has 0 spiro atoms. The van der Waals surface area contributed by atoms with E-state index in [1.54, 1.807) is 14.2 Å². The second kappa shape index (κ2) is 7.08. The number of rotatable bonds is 6. The van der Waals surface area contributed by atoms with E-state index < -0.39 is 6.10 Å². The van der Waals surface area contributed by atoms with E-state index in [0.29, 0.717) is 13.0 Å². The van der Waals surface area contributed by atoms with Gasteiger partial charge in [0.05, 0.1) is 19.4 Å². The maximum atomic E-state index is 12.0. The van der Waals surface area contributed by atoms with Gasteiger partial charge >= 0.3 is 0 Å². The summed E-state index contributed by atoms with van der Waals surface area (Å²) < 4.78 is 10.1. The molecule has 21 heavy (non-hydrogen) atoms. The number of hydrogen-bond donors (Lipinski definition) is 1. The van der Waals surface area contributed by atoms with Crippen molar-refractivity contribution in [3.05, 3.63) is 29.8 Å². The molecule has 1 aromatic carbocycles. The highest BCUT2D eigenvalue weighted by Gasteiger charge is 2.29. The molecule has 1 N–H and O–H groups in total. The van der Waals surface area contributed by atoms with Crippen molar-refractivity contribution in [3.8, 4) is 5.75 Å². The fraction of sp³-hybridized carbons (Fsp3) is 0.467. The Hall–Kier alpha value is -2.08. The van der Waals surface area contributed by atoms with E-state index in [0.717, 1.165) is 17.0 Å². The number of oxime groups is 1. The normalized spacial score (nSPS) is 18.6. The molecular formula is C15H20N2O4. The maximum absolute atomic E-state index is 12.0. The lowest BCUT2D eigenvalue weighted by Crippen LogP contribution is -2.42. The monoisotopic (exact) mass is 292 g/mol. The number of carbonyl (C=O) groups excluding carboxylic acids is 1. The second-order valence-electron chi connectivity index (χ2n) is 4.93. The van der Waals surface area contributed by atoms with Crippen molar-refractivity contribution < 1.29 is 19.1 Å². The molecule has 0 saturated heterocycles. The highest BCUT2D eigenvalue weighted by molar-refractivity contribution is 6.04. The van der Waals surface area contributed by atoms with Gasteiger partial charge in [0, 0.05) is 19.6 Å². The van der Waals surface area contributed by atoms with Crippen LogP contribution in [0.15, 0.2) is 29.4 Å². The number of methoxy groups -OCH3 is 2. The van der Waals surface area contributed by atoms with Crippen LogP contribution in [0.2, 0.25) is 0 Å². The van der Waals surface area contributed by atoms with Crippen molar-refractivity contribution in [1.82, 2.24) is 5.32 Å². The summed E-state index contributed by atoms with van der Waals surface area (Å²) in [4.78, 5) is 17.2. The molecule has 0 saturated carbocycles. The first-order chi connectivity index (χ1) is 10.1. The molecule has 2 atom stereocenters. The molecular weight excluding hydrogens is 272 g/mol. The summed E-state index contributed by atoms with van der Waals surface area (Å²) in [5.41, 5.74) is 1.69. The number of amides is 1. The van der Waals surface area contributed by atoms with E-state index in [1.165, 1.54) is 0 Å². The largest absolute Gasteiger partial charge is 0.497 e. The molecule has 0 bridgehead atoms. The molecule has 1 amide bonds. The predicted molar refractivity (Wildman–Crippen MR) is 78.5 cm³/mol. The average molecular weight is 292 g/mol. The lowest BCUT2D eigenvalue weighted by molar-refractivity contribution is -0.132. The SMILES string of the molecule is COC[C@H](C)NC(=O)[C@@H]1CC(c2ccc(OC)cc2)=NO1. The van der Waals surface area contributed by atoms with E-state index in [1.807, 2.05) is 31.2 Å². The average Bonchev–Trinajstić information content (AvgIpc) is 2.97. The van der Waals surface area contributed by atoms with Gasteiger partial charge in [-0.1, -0.05) is 5.16 Å². The van der Waals surface area contributed by atoms with Crippen molar-refractivity contribution in [2.45, 2.75) is 25.5 Å². The van der Waals surface area contributed by atoms with Crippen LogP contribution >= 0.6 is 0 Å². The van der Waals surface area contributed by atoms with Gasteiger partial charge < -0.3 is 19.6 Å². The Kier molecular flexibility index (Phi) is 5.16. The van der Waals surface area contributed by atoms with E-state index in [-0.39, 0.29) is 11.9 Å². The van der Waals surface area contributed by atoms with Crippen LogP contribution < -0.4 is 10.1 Å². The Labute approximate surface area is 124 Å². The molecule has 114 valence electrons. The van der Waals surface area contributed by atoms with E-state index in [9.17, 15) is 4.79 Å². The summed E-state index contributed by atoms with van der Waals surface area (Å²) in [6.07, 6.45) is -0.126. The van der Waals surface area contributed by atoms with Gasteiger partial charge in [-0.3, -0.25) is 4.79 Å². The van der Waals surface area contributed by atoms with Gasteiger partial charge in [0.2, 0.25) is 6.10 Å². The van der Waals surface area contributed by atoms with Crippen LogP contribution in [0.1, 0.15) is 18.9 Å². The molecule has 0 fully saturated rings. The number of nitrogens with one attached hydrogen (secondary N) is 1. The van der Waals surface area contributed by atoms with E-state index in [2.05, 4.69) is 10.5 Å². The van der Waals surface area contributed by atoms with Gasteiger partial charge in [-0.2, -0.15) is 0 Å². The maximum Gasteiger partial charge on any atom is 0.264 e. The predicted octanol–water partition coefficient (Wildman–Crippen LogP) is 1.34. The Morgan fingerprint density at radius 1 is 1.43 bits per heavy atom. The molecule has 0 radical (unpaired) electrons. The number of hydrogen-bond acceptors (Lipinski definition) is 5. The Morgan fingerprint density at radius 3 is 2.76 bits per heavy atom. The number of nitrogens with zero attached hydrogens (tertiary/aromatic N) is 1. The first-order valence-electron chi connectivity index (χ1n) is 6.80. The Balaban J connectivity index is 1.91. The zero-order valence-electron chi connectivity index (χ0n) is 12.5. The van der Waals surface area contributed by atoms with Gasteiger partial charge in [0.15, 0.2) is 0 Å². The minimum Gasteiger partial charge on any atom is -0.497 e. The Bertz CT molecular complexity index is 513. The summed E-state index contributed by atoms with van der Waals surface area (Å²) in [7, 11) is 3.21. The zero-order valence-corrected chi connectivity index (χ0v) is 12.5. The summed E-state index contributed by atoms with van der Waals surface area (Å²) in [5.74, 6) is 0.604. The first-order valence-corrected chi connectivity index (χ1v) is 6.80. The van der Waals surface area contributed by atoms with Crippen molar-refractivity contribution in [1.29, 1.82) is 0 Å². The van der Waals surface area contributed by atoms with Gasteiger partial charge in [0.1, 0.15) is 5.75 Å². The molecule has 2 rings (SSSR count). The summed E-state index contributed by atoms with van der Waals surface area (Å²) >= 11 is 0. The fourth-order valence-electron chi connectivity index (χ4n) is 2.10. The highest BCUT2D eigenvalue weighted by Crippen LogP contribution is 2.19. The standard InChI is InChI=1S/C15H20N2O4/c1-10(9-19-2)16-15(18)14-8-13(17-21-14)11-4-6-12(20-3)7-5-11/h4-7,10,14H,8-9H2,1-3H3,(H,16,18)/t10-,14-/m0/s1. The molecule has 0 aromatic heterocycles. The molecule has 1 heterocycles. The third-order valence-electron chi connectivity index (χ3n) is 3.19. The first kappa shape index (κ1) is 15.3. The topological polar surface area (TPSA) is 69.2 Å². The number of benzene rings is 1. The van der Waals surface area contributed by atoms with Crippen molar-refractivity contribution in [2.24, 2.45) is 5.16 Å². The van der Waals surface area contributed by atoms with Crippen LogP contribution in [0, 0.1) is 0 Å². The van der Waals surface area contributed by atoms with Crippen LogP contribution in [-0.2, 0) is 14.4 Å². The van der Waals surface area contributed by atoms with Gasteiger partial charge in [-0.15, -0.1) is 0 Å². The highest BCUT2D eigenvalue weighted by atomic mass is 16.6. The van der Waals surface area contributed by atoms with Crippen LogP contribution in [-0.4, -0.2) is 44.6 Å². The molecule has 1 aliphatic heterocycles. The van der Waals surface area contributed by atoms with Gasteiger partial charge in [0.25, 0.3) is 5.91 Å². The van der Waals surface area contributed by atoms with Crippen LogP contribution in [0.4, 0.5) is 0 Å². The van der Waals surface area contributed by atoms with Crippen LogP contribution in [0.5, 0.6) is 5.75 Å². The van der Waals surface area contributed by atoms with Gasteiger partial charge in [-0.25, -0.2) is 0 Å². The number of carbonyl (C=O) groups is 1. The minimum absolute atomic E-state index is 0.0591. The van der Waals surface area contributed by atoms with Crippen LogP contribution in [0.3, 0.4) is 0 Å². The lowest BCUT2D eigenvalue weighted by atomic mass is 10.0. The van der Waals surface area contributed by atoms with Crippen LogP contribution in [0.25, 0.3) is 0 Å². The molecule has 6 nitrogen and oxygen atoms in total. The molecule has 0 unspecified atom stereocenters. The second-order valence-corrected chi connectivity index (χ2v) is 4.93. The van der Waals surface area contributed by atoms with Crippen molar-refractivity contribution >= 4 is 11.6 Å². The Morgan fingerprint density at radius 2 is 2.14 bits per heavy atom. The van der Waals surface area contributed by atoms with Crippen molar-refractivity contribution in [2.75, 3.05) is 20.8 Å². The van der Waals surface area contributed by atoms with E-state index in [4.69, 9.17) is 14.3 Å². The third-order valence-corrected chi connectivity index (χ3v) is 3.19. The fourth-order valence-corrected chi connectivity index (χ4v) is 2.10. The summed E-state index contributed by atoms with van der Waals surface area (Å²) in [6, 6.07) is 7.44. The number of ether oxygens (including phenoxy) is 2. The molecule has 1 aromatic rings. The van der Waals surface area contributed by atoms with E-state index >= 15 is 0 Å². The zero-order chi connectivity index (χ0) is 15.2. The molecule has 1 aliphatic rings.